The summed E-state index contributed by atoms with van der Waals surface area (Å²) >= 11 is 0. The van der Waals surface area contributed by atoms with Gasteiger partial charge in [0, 0.05) is 55.9 Å². The Morgan fingerprint density at radius 3 is 2.49 bits per heavy atom. The molecule has 0 saturated heterocycles. The smallest absolute Gasteiger partial charge is 0.216 e. The monoisotopic (exact) mass is 643 g/mol. The quantitative estimate of drug-likeness (QED) is 0.186. The molecule has 0 aliphatic rings. The van der Waals surface area contributed by atoms with Crippen LogP contribution in [0.5, 0.6) is 0 Å². The first kappa shape index (κ1) is 15.4. The molecule has 0 unspecified atom stereocenters. The molecule has 0 aliphatic heterocycles. The van der Waals surface area contributed by atoms with Crippen LogP contribution in [0.2, 0.25) is 0 Å². The van der Waals surface area contributed by atoms with Crippen molar-refractivity contribution in [2.45, 2.75) is 20.6 Å². The van der Waals surface area contributed by atoms with E-state index in [4.69, 9.17) is 16.8 Å². The van der Waals surface area contributed by atoms with Gasteiger partial charge in [0.2, 0.25) is 5.71 Å². The van der Waals surface area contributed by atoms with Gasteiger partial charge in [-0.25, -0.2) is 4.98 Å². The number of furan rings is 1. The van der Waals surface area contributed by atoms with Crippen molar-refractivity contribution < 1.29 is 36.9 Å². The van der Waals surface area contributed by atoms with Crippen LogP contribution in [0, 0.1) is 32.7 Å². The van der Waals surface area contributed by atoms with Gasteiger partial charge >= 0.3 is 0 Å². The number of aromatic nitrogens is 3. The maximum atomic E-state index is 7.74. The minimum Gasteiger partial charge on any atom is -0.486 e. The molecule has 4 heterocycles. The van der Waals surface area contributed by atoms with Gasteiger partial charge in [-0.15, -0.1) is 54.1 Å². The van der Waals surface area contributed by atoms with Gasteiger partial charge in [-0.2, -0.15) is 0 Å². The fourth-order valence-corrected chi connectivity index (χ4v) is 3.48. The van der Waals surface area contributed by atoms with Crippen LogP contribution in [0.15, 0.2) is 89.6 Å². The second-order valence-corrected chi connectivity index (χ2v) is 7.35. The van der Waals surface area contributed by atoms with E-state index in [1.54, 1.807) is 24.4 Å². The van der Waals surface area contributed by atoms with Gasteiger partial charge in [-0.3, -0.25) is 0 Å². The third kappa shape index (κ3) is 5.22. The van der Waals surface area contributed by atoms with E-state index in [1.807, 2.05) is 42.5 Å². The Morgan fingerprint density at radius 1 is 0.800 bits per heavy atom. The summed E-state index contributed by atoms with van der Waals surface area (Å²) in [4.78, 5) is 12.5. The number of nitrogens with zero attached hydrogens (tertiary/aromatic N) is 3. The van der Waals surface area contributed by atoms with Crippen molar-refractivity contribution in [3.63, 3.8) is 0 Å². The molecule has 0 amide bonds. The molecular formula is C30H23IrN3O-2. The normalized spacial score (nSPS) is 15.4. The molecule has 6 rings (SSSR count). The summed E-state index contributed by atoms with van der Waals surface area (Å²) in [5.41, 5.74) is 2.09. The standard InChI is InChI=1S/C19H15N2O.C11H8N.Ir/c1-11-9-17(20-10-12(11)2)16-6-4-5-14-15-8-7-13(3)21-19(15)22-18(14)16;1-2-6-10(7-3-1)11-8-4-5-9-12-11;/h4-5,7-10H,1-3H3;1-6,8-9H;/q2*-1;/i1D3,2D3,3D3;;. The Bertz CT molecular complexity index is 1850. The molecule has 1 radical (unpaired) electrons. The molecular weight excluding hydrogens is 611 g/mol. The molecule has 0 bridgehead atoms. The van der Waals surface area contributed by atoms with Crippen LogP contribution in [0.25, 0.3) is 44.6 Å². The van der Waals surface area contributed by atoms with Gasteiger partial charge in [0.15, 0.2) is 0 Å². The molecule has 0 aliphatic carbocycles. The Balaban J connectivity index is 0.000000284. The number of hydrogen-bond acceptors (Lipinski definition) is 4. The second kappa shape index (κ2) is 10.7. The minimum absolute atomic E-state index is 0. The van der Waals surface area contributed by atoms with E-state index in [2.05, 4.69) is 27.1 Å². The third-order valence-electron chi connectivity index (χ3n) is 5.11. The average Bonchev–Trinajstić information content (AvgIpc) is 3.35. The van der Waals surface area contributed by atoms with Crippen LogP contribution in [-0.2, 0) is 20.1 Å². The van der Waals surface area contributed by atoms with Gasteiger partial charge in [0.1, 0.15) is 0 Å². The SMILES string of the molecule is [2H]C([2H])([2H])c1ccc2c(n1)oc1c(-c3cc(C([2H])([2H])[2H])c(C([2H])([2H])[2H])cn3)[c-]ccc12.[Ir].[c-]1ccccc1-c1ccccn1. The zero-order chi connectivity index (χ0) is 31.0. The molecule has 5 heteroatoms. The number of pyridine rings is 3. The molecule has 35 heavy (non-hydrogen) atoms. The fraction of sp³-hybridized carbons (Fsp3) is 0.100. The molecule has 0 atom stereocenters. The van der Waals surface area contributed by atoms with Crippen molar-refractivity contribution in [3.05, 3.63) is 114 Å². The van der Waals surface area contributed by atoms with E-state index in [-0.39, 0.29) is 48.3 Å². The molecule has 0 saturated carbocycles. The summed E-state index contributed by atoms with van der Waals surface area (Å²) in [6, 6.07) is 27.3. The largest absolute Gasteiger partial charge is 0.486 e. The van der Waals surface area contributed by atoms with E-state index in [0.717, 1.165) is 17.5 Å². The van der Waals surface area contributed by atoms with Crippen molar-refractivity contribution in [1.82, 2.24) is 15.0 Å². The molecule has 4 nitrogen and oxygen atoms in total. The van der Waals surface area contributed by atoms with Crippen molar-refractivity contribution >= 4 is 22.1 Å². The van der Waals surface area contributed by atoms with E-state index < -0.39 is 20.6 Å². The van der Waals surface area contributed by atoms with Gasteiger partial charge in [0.05, 0.1) is 5.58 Å². The van der Waals surface area contributed by atoms with Crippen LogP contribution >= 0.6 is 0 Å². The zero-order valence-electron chi connectivity index (χ0n) is 27.2. The molecule has 4 aromatic heterocycles. The van der Waals surface area contributed by atoms with E-state index >= 15 is 0 Å². The van der Waals surface area contributed by atoms with Crippen LogP contribution in [0.1, 0.15) is 29.2 Å². The van der Waals surface area contributed by atoms with E-state index in [9.17, 15) is 0 Å². The number of aryl methyl sites for hydroxylation is 3. The van der Waals surface area contributed by atoms with Crippen molar-refractivity contribution in [1.29, 1.82) is 0 Å². The van der Waals surface area contributed by atoms with Crippen LogP contribution in [-0.4, -0.2) is 15.0 Å². The predicted molar refractivity (Wildman–Crippen MR) is 136 cm³/mol. The van der Waals surface area contributed by atoms with E-state index in [1.165, 1.54) is 12.1 Å². The number of hydrogen-bond donors (Lipinski definition) is 0. The summed E-state index contributed by atoms with van der Waals surface area (Å²) in [7, 11) is 0. The van der Waals surface area contributed by atoms with Gasteiger partial charge in [0.25, 0.3) is 0 Å². The first-order chi connectivity index (χ1) is 20.2. The number of rotatable bonds is 2. The Morgan fingerprint density at radius 2 is 1.71 bits per heavy atom. The summed E-state index contributed by atoms with van der Waals surface area (Å²) in [5.74, 6) is 0. The van der Waals surface area contributed by atoms with Crippen molar-refractivity contribution in [2.24, 2.45) is 0 Å². The topological polar surface area (TPSA) is 51.8 Å². The summed E-state index contributed by atoms with van der Waals surface area (Å²) in [6.45, 7) is -7.71. The van der Waals surface area contributed by atoms with Crippen LogP contribution in [0.3, 0.4) is 0 Å². The summed E-state index contributed by atoms with van der Waals surface area (Å²) in [6.07, 6.45) is 2.82. The second-order valence-electron chi connectivity index (χ2n) is 7.35. The summed E-state index contributed by atoms with van der Waals surface area (Å²) in [5, 5.41) is 1.19. The van der Waals surface area contributed by atoms with Gasteiger partial charge in [-0.05, 0) is 55.7 Å². The summed E-state index contributed by atoms with van der Waals surface area (Å²) < 4.78 is 74.4. The molecule has 0 fully saturated rings. The minimum atomic E-state index is -2.67. The molecule has 0 spiro atoms. The van der Waals surface area contributed by atoms with Crippen LogP contribution < -0.4 is 0 Å². The molecule has 2 aromatic carbocycles. The first-order valence-electron chi connectivity index (χ1n) is 14.9. The Labute approximate surface area is 231 Å². The van der Waals surface area contributed by atoms with Crippen LogP contribution in [0.4, 0.5) is 0 Å². The van der Waals surface area contributed by atoms with Gasteiger partial charge < -0.3 is 14.4 Å². The number of fused-ring (bicyclic) bond motifs is 3. The Kier molecular flexibility index (Phi) is 4.71. The van der Waals surface area contributed by atoms with E-state index in [0.29, 0.717) is 21.9 Å². The molecule has 175 valence electrons. The van der Waals surface area contributed by atoms with Crippen molar-refractivity contribution in [2.75, 3.05) is 0 Å². The zero-order valence-corrected chi connectivity index (χ0v) is 20.6. The van der Waals surface area contributed by atoms with Crippen molar-refractivity contribution in [3.8, 4) is 22.5 Å². The number of benzene rings is 2. The predicted octanol–water partition coefficient (Wildman–Crippen LogP) is 7.31. The van der Waals surface area contributed by atoms with Gasteiger partial charge in [-0.1, -0.05) is 34.7 Å². The average molecular weight is 643 g/mol. The fourth-order valence-electron chi connectivity index (χ4n) is 3.48. The maximum absolute atomic E-state index is 7.74. The third-order valence-corrected chi connectivity index (χ3v) is 5.11. The first-order valence-corrected chi connectivity index (χ1v) is 10.4. The maximum Gasteiger partial charge on any atom is 0.216 e. The molecule has 0 N–H and O–H groups in total. The molecule has 6 aromatic rings. The Hall–Kier alpha value is -3.66.